The van der Waals surface area contributed by atoms with E-state index in [9.17, 15) is 4.39 Å². The minimum Gasteiger partial charge on any atom is -0.493 e. The van der Waals surface area contributed by atoms with Gasteiger partial charge < -0.3 is 25.9 Å². The Bertz CT molecular complexity index is 958. The number of hydrogen-bond acceptors (Lipinski definition) is 7. The molecule has 9 heteroatoms. The second-order valence-electron chi connectivity index (χ2n) is 8.38. The van der Waals surface area contributed by atoms with Gasteiger partial charge in [0.15, 0.2) is 17.3 Å². The van der Waals surface area contributed by atoms with Gasteiger partial charge in [-0.15, -0.1) is 0 Å². The fraction of sp³-hybridized carbons (Fsp3) is 0.478. The van der Waals surface area contributed by atoms with Crippen molar-refractivity contribution in [1.82, 2.24) is 9.88 Å². The van der Waals surface area contributed by atoms with Gasteiger partial charge in [-0.1, -0.05) is 13.8 Å². The summed E-state index contributed by atoms with van der Waals surface area (Å²) < 4.78 is 25.6. The largest absolute Gasteiger partial charge is 0.493 e. The lowest BCUT2D eigenvalue weighted by molar-refractivity contribution is 0.246. The minimum absolute atomic E-state index is 0.00514. The number of aromatic nitrogens is 1. The van der Waals surface area contributed by atoms with E-state index in [1.54, 1.807) is 20.4 Å². The standard InChI is InChI=1S/C23H33FN6O2/c1-15(2)9-16-10-18(24)22(23(25)28-26)19(11-16)30-7-5-29(6-8-30)14-17-12-20(31-3)21(32-4)13-27-17/h10-13,15H,5-9,14,26H2,1-4H3,(H2,25,28). The van der Waals surface area contributed by atoms with E-state index in [2.05, 4.69) is 33.7 Å². The van der Waals surface area contributed by atoms with Gasteiger partial charge in [-0.05, 0) is 30.0 Å². The molecule has 0 amide bonds. The number of anilines is 1. The number of rotatable bonds is 8. The van der Waals surface area contributed by atoms with Crippen molar-refractivity contribution in [3.05, 3.63) is 47.0 Å². The van der Waals surface area contributed by atoms with Crippen molar-refractivity contribution in [1.29, 1.82) is 0 Å². The molecule has 0 unspecified atom stereocenters. The molecule has 2 aromatic rings. The van der Waals surface area contributed by atoms with Gasteiger partial charge in [0.05, 0.1) is 37.4 Å². The van der Waals surface area contributed by atoms with Gasteiger partial charge in [-0.2, -0.15) is 5.10 Å². The van der Waals surface area contributed by atoms with Gasteiger partial charge in [0.25, 0.3) is 0 Å². The van der Waals surface area contributed by atoms with Crippen LogP contribution < -0.4 is 25.9 Å². The lowest BCUT2D eigenvalue weighted by Gasteiger charge is -2.37. The number of nitrogens with zero attached hydrogens (tertiary/aromatic N) is 4. The maximum atomic E-state index is 15.0. The van der Waals surface area contributed by atoms with Crippen LogP contribution in [-0.2, 0) is 13.0 Å². The number of pyridine rings is 1. The molecule has 2 heterocycles. The van der Waals surface area contributed by atoms with Crippen LogP contribution in [0.1, 0.15) is 30.7 Å². The summed E-state index contributed by atoms with van der Waals surface area (Å²) in [7, 11) is 3.20. The van der Waals surface area contributed by atoms with Gasteiger partial charge >= 0.3 is 0 Å². The van der Waals surface area contributed by atoms with Crippen LogP contribution >= 0.6 is 0 Å². The summed E-state index contributed by atoms with van der Waals surface area (Å²) in [6.45, 7) is 7.96. The first-order chi connectivity index (χ1) is 15.4. The van der Waals surface area contributed by atoms with Gasteiger partial charge in [-0.25, -0.2) is 4.39 Å². The summed E-state index contributed by atoms with van der Waals surface area (Å²) in [4.78, 5) is 8.93. The van der Waals surface area contributed by atoms with E-state index in [0.717, 1.165) is 49.5 Å². The Balaban J connectivity index is 1.76. The van der Waals surface area contributed by atoms with Crippen molar-refractivity contribution >= 4 is 11.5 Å². The number of ether oxygens (including phenoxy) is 2. The summed E-state index contributed by atoms with van der Waals surface area (Å²) in [5.41, 5.74) is 8.82. The number of hydrazone groups is 1. The predicted octanol–water partition coefficient (Wildman–Crippen LogP) is 2.34. The highest BCUT2D eigenvalue weighted by Gasteiger charge is 2.24. The molecule has 3 rings (SSSR count). The number of piperazine rings is 1. The maximum Gasteiger partial charge on any atom is 0.179 e. The van der Waals surface area contributed by atoms with E-state index in [1.165, 1.54) is 6.07 Å². The molecule has 8 nitrogen and oxygen atoms in total. The van der Waals surface area contributed by atoms with Crippen molar-refractivity contribution < 1.29 is 13.9 Å². The number of amidine groups is 1. The maximum absolute atomic E-state index is 15.0. The van der Waals surface area contributed by atoms with E-state index in [1.807, 2.05) is 12.1 Å². The van der Waals surface area contributed by atoms with Crippen LogP contribution in [-0.4, -0.2) is 56.1 Å². The third kappa shape index (κ3) is 5.40. The van der Waals surface area contributed by atoms with Crippen molar-refractivity contribution in [2.75, 3.05) is 45.3 Å². The summed E-state index contributed by atoms with van der Waals surface area (Å²) in [6.07, 6.45) is 2.46. The molecule has 1 aliphatic heterocycles. The zero-order chi connectivity index (χ0) is 23.3. The number of benzene rings is 1. The molecule has 1 aliphatic rings. The second-order valence-corrected chi connectivity index (χ2v) is 8.38. The van der Waals surface area contributed by atoms with E-state index >= 15 is 0 Å². The van der Waals surface area contributed by atoms with Crippen LogP contribution in [0.5, 0.6) is 11.5 Å². The normalized spacial score (nSPS) is 15.3. The number of hydrogen-bond donors (Lipinski definition) is 2. The molecule has 0 bridgehead atoms. The Morgan fingerprint density at radius 2 is 1.81 bits per heavy atom. The van der Waals surface area contributed by atoms with E-state index < -0.39 is 0 Å². The molecule has 174 valence electrons. The highest BCUT2D eigenvalue weighted by Crippen LogP contribution is 2.29. The van der Waals surface area contributed by atoms with E-state index in [-0.39, 0.29) is 17.2 Å². The molecule has 1 aromatic carbocycles. The SMILES string of the molecule is COc1cnc(CN2CCN(c3cc(CC(C)C)cc(F)c3/C(N)=N/N)CC2)cc1OC. The number of nitrogens with two attached hydrogens (primary N) is 2. The lowest BCUT2D eigenvalue weighted by atomic mass is 9.98. The third-order valence-electron chi connectivity index (χ3n) is 5.59. The molecule has 0 saturated carbocycles. The average Bonchev–Trinajstić information content (AvgIpc) is 2.78. The summed E-state index contributed by atoms with van der Waals surface area (Å²) in [5.74, 6) is 6.69. The quantitative estimate of drug-likeness (QED) is 0.279. The fourth-order valence-electron chi connectivity index (χ4n) is 4.04. The summed E-state index contributed by atoms with van der Waals surface area (Å²) in [5, 5.41) is 3.55. The Morgan fingerprint density at radius 3 is 2.41 bits per heavy atom. The first-order valence-corrected chi connectivity index (χ1v) is 10.8. The van der Waals surface area contributed by atoms with Crippen LogP contribution in [0.4, 0.5) is 10.1 Å². The summed E-state index contributed by atoms with van der Waals surface area (Å²) in [6, 6.07) is 5.45. The zero-order valence-electron chi connectivity index (χ0n) is 19.3. The van der Waals surface area contributed by atoms with Gasteiger partial charge in [0.1, 0.15) is 5.82 Å². The molecule has 0 aliphatic carbocycles. The molecule has 0 atom stereocenters. The smallest absolute Gasteiger partial charge is 0.179 e. The van der Waals surface area contributed by atoms with Gasteiger partial charge in [-0.3, -0.25) is 9.88 Å². The molecular formula is C23H33FN6O2. The Labute approximate surface area is 189 Å². The molecule has 1 aromatic heterocycles. The molecule has 32 heavy (non-hydrogen) atoms. The monoisotopic (exact) mass is 444 g/mol. The van der Waals surface area contributed by atoms with Gasteiger partial charge in [0.2, 0.25) is 0 Å². The highest BCUT2D eigenvalue weighted by atomic mass is 19.1. The topological polar surface area (TPSA) is 102 Å². The first-order valence-electron chi connectivity index (χ1n) is 10.8. The molecule has 4 N–H and O–H groups in total. The van der Waals surface area contributed by atoms with Crippen molar-refractivity contribution in [2.24, 2.45) is 22.6 Å². The number of methoxy groups -OCH3 is 2. The molecule has 1 fully saturated rings. The highest BCUT2D eigenvalue weighted by molar-refractivity contribution is 6.02. The fourth-order valence-corrected chi connectivity index (χ4v) is 4.04. The minimum atomic E-state index is -0.387. The Morgan fingerprint density at radius 1 is 1.12 bits per heavy atom. The van der Waals surface area contributed by atoms with Crippen molar-refractivity contribution in [2.45, 2.75) is 26.8 Å². The van der Waals surface area contributed by atoms with Gasteiger partial charge in [0, 0.05) is 38.8 Å². The third-order valence-corrected chi connectivity index (χ3v) is 5.59. The molecule has 0 spiro atoms. The Hall–Kier alpha value is -3.07. The van der Waals surface area contributed by atoms with Crippen LogP contribution in [0.15, 0.2) is 29.5 Å². The Kier molecular flexibility index (Phi) is 7.74. The van der Waals surface area contributed by atoms with Crippen LogP contribution in [0, 0.1) is 11.7 Å². The first kappa shape index (κ1) is 23.6. The van der Waals surface area contributed by atoms with E-state index in [4.69, 9.17) is 21.1 Å². The zero-order valence-corrected chi connectivity index (χ0v) is 19.3. The average molecular weight is 445 g/mol. The summed E-state index contributed by atoms with van der Waals surface area (Å²) >= 11 is 0. The molecular weight excluding hydrogens is 411 g/mol. The van der Waals surface area contributed by atoms with Crippen LogP contribution in [0.25, 0.3) is 0 Å². The second kappa shape index (κ2) is 10.5. The lowest BCUT2D eigenvalue weighted by Crippen LogP contribution is -2.46. The van der Waals surface area contributed by atoms with Crippen LogP contribution in [0.3, 0.4) is 0 Å². The van der Waals surface area contributed by atoms with Crippen molar-refractivity contribution in [3.8, 4) is 11.5 Å². The van der Waals surface area contributed by atoms with Crippen molar-refractivity contribution in [3.63, 3.8) is 0 Å². The van der Waals surface area contributed by atoms with E-state index in [0.29, 0.717) is 24.0 Å². The number of halogens is 1. The molecule has 1 saturated heterocycles. The molecule has 0 radical (unpaired) electrons. The predicted molar refractivity (Wildman–Crippen MR) is 125 cm³/mol. The van der Waals surface area contributed by atoms with Crippen LogP contribution in [0.2, 0.25) is 0 Å².